The fourth-order valence-corrected chi connectivity index (χ4v) is 12.7. The molecule has 0 spiro atoms. The van der Waals surface area contributed by atoms with Gasteiger partial charge >= 0.3 is 0 Å². The molecule has 5 N–H and O–H groups in total. The van der Waals surface area contributed by atoms with Gasteiger partial charge in [-0.05, 0) is 77.3 Å². The van der Waals surface area contributed by atoms with E-state index in [0.29, 0.717) is 47.8 Å². The van der Waals surface area contributed by atoms with Crippen LogP contribution in [0.2, 0.25) is 0 Å². The van der Waals surface area contributed by atoms with Gasteiger partial charge in [0.15, 0.2) is 0 Å². The third-order valence-corrected chi connectivity index (χ3v) is 19.0. The molecule has 1 saturated carbocycles. The van der Waals surface area contributed by atoms with Crippen molar-refractivity contribution in [2.45, 2.75) is 63.6 Å². The summed E-state index contributed by atoms with van der Waals surface area (Å²) >= 11 is 0. The maximum Gasteiger partial charge on any atom is 0.232 e. The molecule has 4 saturated heterocycles. The van der Waals surface area contributed by atoms with Crippen LogP contribution >= 0.6 is 0 Å². The fourth-order valence-electron chi connectivity index (χ4n) is 12.7. The predicted molar refractivity (Wildman–Crippen MR) is 403 cm³/mol. The van der Waals surface area contributed by atoms with E-state index in [1.165, 1.54) is 42.3 Å². The van der Waals surface area contributed by atoms with Gasteiger partial charge in [0.2, 0.25) is 53.5 Å². The van der Waals surface area contributed by atoms with E-state index in [0.717, 1.165) is 168 Å². The zero-order chi connectivity index (χ0) is 70.9. The van der Waals surface area contributed by atoms with Crippen LogP contribution in [0.5, 0.6) is 0 Å². The zero-order valence-electron chi connectivity index (χ0n) is 58.5. The van der Waals surface area contributed by atoms with Crippen LogP contribution in [0.15, 0.2) is 196 Å². The highest BCUT2D eigenvalue weighted by atomic mass is 16.3. The molecule has 17 rings (SSSR count). The summed E-state index contributed by atoms with van der Waals surface area (Å²) in [4.78, 5) is 80.6. The second-order valence-corrected chi connectivity index (χ2v) is 26.4. The average Bonchev–Trinajstić information content (AvgIpc) is 1.73. The van der Waals surface area contributed by atoms with Crippen LogP contribution in [0.3, 0.4) is 0 Å². The summed E-state index contributed by atoms with van der Waals surface area (Å²) < 4.78 is 4.00. The molecule has 12 aromatic rings. The summed E-state index contributed by atoms with van der Waals surface area (Å²) in [5.74, 6) is 5.76. The van der Waals surface area contributed by atoms with Crippen molar-refractivity contribution in [3.8, 4) is 0 Å². The first-order valence-corrected chi connectivity index (χ1v) is 35.7. The van der Waals surface area contributed by atoms with E-state index in [9.17, 15) is 5.11 Å². The predicted octanol–water partition coefficient (Wildman–Crippen LogP) is 8.28. The molecule has 0 bridgehead atoms. The third kappa shape index (κ3) is 18.1. The van der Waals surface area contributed by atoms with Crippen LogP contribution in [-0.2, 0) is 19.3 Å². The molecular weight excluding hydrogens is 1320 g/mol. The highest BCUT2D eigenvalue weighted by Crippen LogP contribution is 2.32. The summed E-state index contributed by atoms with van der Waals surface area (Å²) in [5.41, 5.74) is 10.5. The summed E-state index contributed by atoms with van der Waals surface area (Å²) in [7, 11) is 0. The first kappa shape index (κ1) is 68.5. The van der Waals surface area contributed by atoms with Crippen molar-refractivity contribution in [2.24, 2.45) is 0 Å². The van der Waals surface area contributed by atoms with Crippen LogP contribution in [0.25, 0.3) is 0 Å². The van der Waals surface area contributed by atoms with E-state index >= 15 is 0 Å². The molecular formula is C75H83N29O. The lowest BCUT2D eigenvalue weighted by Gasteiger charge is -2.34. The zero-order valence-corrected chi connectivity index (χ0v) is 58.5. The molecule has 5 fully saturated rings. The highest BCUT2D eigenvalue weighted by molar-refractivity contribution is 5.57. The van der Waals surface area contributed by atoms with Crippen LogP contribution in [0.1, 0.15) is 83.3 Å². The number of nitrogens with zero attached hydrogens (tertiary/aromatic N) is 25. The molecule has 105 heavy (non-hydrogen) atoms. The molecule has 1 unspecified atom stereocenters. The Bertz CT molecular complexity index is 4480. The van der Waals surface area contributed by atoms with E-state index in [1.54, 1.807) is 25.8 Å². The third-order valence-electron chi connectivity index (χ3n) is 19.0. The Kier molecular flexibility index (Phi) is 21.7. The Morgan fingerprint density at radius 3 is 1.04 bits per heavy atom. The topological polar surface area (TPSA) is 317 Å². The van der Waals surface area contributed by atoms with Gasteiger partial charge in [-0.1, -0.05) is 103 Å². The number of anilines is 12. The van der Waals surface area contributed by atoms with Crippen LogP contribution in [0.4, 0.5) is 70.6 Å². The second-order valence-electron chi connectivity index (χ2n) is 26.4. The molecule has 8 aromatic heterocycles. The number of nitrogens with one attached hydrogen (secondary N) is 4. The molecule has 0 amide bonds. The first-order valence-electron chi connectivity index (χ1n) is 35.7. The van der Waals surface area contributed by atoms with Gasteiger partial charge in [0.1, 0.15) is 19.0 Å². The minimum atomic E-state index is -0.536. The van der Waals surface area contributed by atoms with Crippen LogP contribution in [-0.4, -0.2) is 191 Å². The van der Waals surface area contributed by atoms with Crippen molar-refractivity contribution in [2.75, 3.05) is 137 Å². The Labute approximate surface area is 608 Å². The first-order chi connectivity index (χ1) is 51.7. The molecule has 0 radical (unpaired) electrons. The standard InChI is InChI=1S/C26H28N8O.C25H28N10.C24H27N11/c1-19(35)22-8-5-9-23(15-22)31-24-29-18-30-26(32-24)34-12-10-33(11-13-34)25-27-16-21(17-28-25)14-20-6-3-2-4-7-20;1-2-5-19(6-3-1)13-20-14-26-24(27-15-20)33-9-11-34(12-10-33)25-29-18-28-23(32-25)31-21-16-30-35(17-21)22-7-4-8-22;1-2-4-18(5-3-1)10-19-11-26-23(27-12-19)33-6-8-34(9-7-33)24-29-17-28-22(32-24)31-20-13-30-35(16-20)21-14-25-15-21/h2-9,15-19,35H,10-14H2,1H3,(H,29,30,31,32);1-3,5-6,14-18,22H,4,7-13H2,(H,28,29,31,32);1-5,11-13,16-17,21,25H,6-10,14-15H2,(H,28,29,31,32). The van der Waals surface area contributed by atoms with E-state index < -0.39 is 6.10 Å². The minimum absolute atomic E-state index is 0.416. The summed E-state index contributed by atoms with van der Waals surface area (Å²) in [6, 6.07) is 39.6. The Morgan fingerprint density at radius 1 is 0.371 bits per heavy atom. The van der Waals surface area contributed by atoms with Crippen molar-refractivity contribution in [1.82, 2.24) is 99.6 Å². The largest absolute Gasteiger partial charge is 0.389 e. The van der Waals surface area contributed by atoms with Crippen molar-refractivity contribution >= 4 is 70.6 Å². The molecule has 30 nitrogen and oxygen atoms in total. The molecule has 5 aliphatic rings. The number of hydrogen-bond acceptors (Lipinski definition) is 28. The summed E-state index contributed by atoms with van der Waals surface area (Å²) in [6.45, 7) is 13.1. The minimum Gasteiger partial charge on any atom is -0.389 e. The number of hydrogen-bond donors (Lipinski definition) is 5. The van der Waals surface area contributed by atoms with E-state index in [4.69, 9.17) is 0 Å². The quantitative estimate of drug-likeness (QED) is 0.0452. The van der Waals surface area contributed by atoms with Crippen molar-refractivity contribution in [3.05, 3.63) is 235 Å². The number of aromatic nitrogens is 19. The van der Waals surface area contributed by atoms with Gasteiger partial charge in [-0.25, -0.2) is 59.8 Å². The average molecular weight is 1410 g/mol. The van der Waals surface area contributed by atoms with Gasteiger partial charge in [-0.15, -0.1) is 0 Å². The second kappa shape index (κ2) is 33.2. The van der Waals surface area contributed by atoms with Crippen LogP contribution in [0, 0.1) is 0 Å². The highest BCUT2D eigenvalue weighted by Gasteiger charge is 2.27. The maximum atomic E-state index is 9.82. The maximum absolute atomic E-state index is 9.82. The molecule has 1 aliphatic carbocycles. The summed E-state index contributed by atoms with van der Waals surface area (Å²) in [6.07, 6.45) is 29.4. The molecule has 534 valence electrons. The lowest BCUT2D eigenvalue weighted by atomic mass is 9.93. The van der Waals surface area contributed by atoms with Gasteiger partial charge in [-0.3, -0.25) is 9.36 Å². The smallest absolute Gasteiger partial charge is 0.232 e. The van der Waals surface area contributed by atoms with E-state index in [2.05, 4.69) is 196 Å². The fraction of sp³-hybridized carbons (Fsp3) is 0.320. The van der Waals surface area contributed by atoms with Gasteiger partial charge in [0.05, 0.1) is 42.0 Å². The number of piperazine rings is 3. The number of rotatable bonds is 21. The van der Waals surface area contributed by atoms with Crippen molar-refractivity contribution in [3.63, 3.8) is 0 Å². The van der Waals surface area contributed by atoms with Crippen LogP contribution < -0.4 is 50.7 Å². The number of benzene rings is 4. The molecule has 4 aromatic carbocycles. The summed E-state index contributed by atoms with van der Waals surface area (Å²) in [5, 5.41) is 31.7. The molecule has 30 heteroatoms. The SMILES string of the molecule is CC(O)c1cccc(Nc2ncnc(N3CCN(c4ncc(Cc5ccccc5)cn4)CC3)n2)c1.c1ccc(Cc2cnc(N3CCN(c4ncnc(Nc5cnn(C6CCC6)c5)n4)CC3)nc2)cc1.c1ccc(Cc2cnc(N3CCN(c4ncnc(Nc5cnn(C6CNC6)c5)n4)CC3)nc2)cc1. The van der Waals surface area contributed by atoms with Gasteiger partial charge < -0.3 is 55.8 Å². The Morgan fingerprint density at radius 2 is 0.714 bits per heavy atom. The van der Waals surface area contributed by atoms with Gasteiger partial charge in [0.25, 0.3) is 0 Å². The van der Waals surface area contributed by atoms with Crippen molar-refractivity contribution in [1.29, 1.82) is 0 Å². The van der Waals surface area contributed by atoms with E-state index in [-0.39, 0.29) is 0 Å². The normalized spacial score (nSPS) is 15.7. The Hall–Kier alpha value is -12.3. The molecule has 1 atom stereocenters. The van der Waals surface area contributed by atoms with Crippen molar-refractivity contribution < 1.29 is 5.11 Å². The van der Waals surface area contributed by atoms with E-state index in [1.807, 2.05) is 120 Å². The molecule has 12 heterocycles. The lowest BCUT2D eigenvalue weighted by Crippen LogP contribution is -2.47. The number of aliphatic hydroxyl groups excluding tert-OH is 1. The van der Waals surface area contributed by atoms with Gasteiger partial charge in [0, 0.05) is 166 Å². The molecule has 4 aliphatic heterocycles. The Balaban J connectivity index is 0.000000126. The van der Waals surface area contributed by atoms with Gasteiger partial charge in [-0.2, -0.15) is 25.1 Å². The number of aliphatic hydroxyl groups is 1. The lowest BCUT2D eigenvalue weighted by molar-refractivity contribution is 0.199. The monoisotopic (exact) mass is 1410 g/mol.